The topological polar surface area (TPSA) is 63.3 Å². The molecule has 0 aromatic heterocycles. The number of hydrogen-bond acceptors (Lipinski definition) is 2. The fourth-order valence-electron chi connectivity index (χ4n) is 1.13. The highest BCUT2D eigenvalue weighted by Gasteiger charge is 2.09. The molecule has 3 nitrogen and oxygen atoms in total. The summed E-state index contributed by atoms with van der Waals surface area (Å²) in [5.74, 6) is -0.997. The molecule has 1 rings (SSSR count). The molecule has 68 valence electrons. The maximum Gasteiger partial charge on any atom is 0.337 e. The van der Waals surface area contributed by atoms with Crippen molar-refractivity contribution in [2.24, 2.45) is 0 Å². The van der Waals surface area contributed by atoms with Crippen LogP contribution >= 0.6 is 0 Å². The zero-order chi connectivity index (χ0) is 9.84. The molecule has 0 fully saturated rings. The molecule has 0 atom stereocenters. The Kier molecular flexibility index (Phi) is 2.69. The maximum atomic E-state index is 10.7. The molecule has 0 saturated heterocycles. The smallest absolute Gasteiger partial charge is 0.337 e. The van der Waals surface area contributed by atoms with Gasteiger partial charge in [0.15, 0.2) is 0 Å². The van der Waals surface area contributed by atoms with Gasteiger partial charge in [0.1, 0.15) is 0 Å². The van der Waals surface area contributed by atoms with Crippen LogP contribution in [0.4, 0.5) is 5.69 Å². The van der Waals surface area contributed by atoms with Gasteiger partial charge in [-0.3, -0.25) is 0 Å². The minimum absolute atomic E-state index is 0.152. The van der Waals surface area contributed by atoms with E-state index < -0.39 is 5.97 Å². The predicted molar refractivity (Wildman–Crippen MR) is 51.7 cm³/mol. The van der Waals surface area contributed by atoms with Gasteiger partial charge in [0.25, 0.3) is 0 Å². The maximum absolute atomic E-state index is 10.7. The molecule has 0 saturated carbocycles. The number of nitrogen functional groups attached to an aromatic ring is 1. The third-order valence-corrected chi connectivity index (χ3v) is 1.79. The van der Waals surface area contributed by atoms with E-state index in [-0.39, 0.29) is 5.56 Å². The number of carboxylic acids is 1. The van der Waals surface area contributed by atoms with Gasteiger partial charge in [-0.25, -0.2) is 4.79 Å². The van der Waals surface area contributed by atoms with Crippen LogP contribution in [0.2, 0.25) is 0 Å². The summed E-state index contributed by atoms with van der Waals surface area (Å²) in [6, 6.07) is 4.96. The minimum atomic E-state index is -0.997. The van der Waals surface area contributed by atoms with E-state index in [1.807, 2.05) is 0 Å². The molecule has 0 heterocycles. The van der Waals surface area contributed by atoms with Crippen molar-refractivity contribution in [1.82, 2.24) is 0 Å². The van der Waals surface area contributed by atoms with Gasteiger partial charge in [0, 0.05) is 5.69 Å². The molecule has 0 amide bonds. The van der Waals surface area contributed by atoms with Gasteiger partial charge in [0.2, 0.25) is 0 Å². The van der Waals surface area contributed by atoms with Gasteiger partial charge >= 0.3 is 5.97 Å². The third kappa shape index (κ3) is 1.87. The van der Waals surface area contributed by atoms with Crippen LogP contribution in [0.3, 0.4) is 0 Å². The van der Waals surface area contributed by atoms with Crippen molar-refractivity contribution < 1.29 is 9.90 Å². The second-order valence-electron chi connectivity index (χ2n) is 2.68. The number of para-hydroxylation sites is 1. The van der Waals surface area contributed by atoms with Crippen molar-refractivity contribution in [3.05, 3.63) is 42.0 Å². The lowest BCUT2D eigenvalue weighted by atomic mass is 10.1. The van der Waals surface area contributed by atoms with E-state index in [0.29, 0.717) is 12.1 Å². The first-order valence-corrected chi connectivity index (χ1v) is 3.88. The van der Waals surface area contributed by atoms with Crippen LogP contribution in [0.25, 0.3) is 0 Å². The van der Waals surface area contributed by atoms with Crippen molar-refractivity contribution in [3.8, 4) is 0 Å². The lowest BCUT2D eigenvalue weighted by Gasteiger charge is -2.05. The zero-order valence-electron chi connectivity index (χ0n) is 7.16. The van der Waals surface area contributed by atoms with Gasteiger partial charge in [-0.1, -0.05) is 18.2 Å². The number of carboxylic acid groups (broad SMARTS) is 1. The van der Waals surface area contributed by atoms with Gasteiger partial charge in [-0.2, -0.15) is 0 Å². The van der Waals surface area contributed by atoms with Gasteiger partial charge < -0.3 is 10.8 Å². The van der Waals surface area contributed by atoms with Gasteiger partial charge in [-0.15, -0.1) is 6.58 Å². The van der Waals surface area contributed by atoms with E-state index in [4.69, 9.17) is 10.8 Å². The van der Waals surface area contributed by atoms with Crippen LogP contribution in [0, 0.1) is 0 Å². The number of carbonyl (C=O) groups is 1. The average Bonchev–Trinajstić information content (AvgIpc) is 2.08. The zero-order valence-corrected chi connectivity index (χ0v) is 7.16. The number of hydrogen-bond donors (Lipinski definition) is 2. The van der Waals surface area contributed by atoms with E-state index in [9.17, 15) is 4.79 Å². The van der Waals surface area contributed by atoms with E-state index in [1.54, 1.807) is 18.2 Å². The molecule has 0 aliphatic carbocycles. The van der Waals surface area contributed by atoms with E-state index >= 15 is 0 Å². The Balaban J connectivity index is 3.17. The lowest BCUT2D eigenvalue weighted by molar-refractivity contribution is 0.0698. The van der Waals surface area contributed by atoms with Crippen LogP contribution in [0.1, 0.15) is 15.9 Å². The van der Waals surface area contributed by atoms with Crippen LogP contribution in [-0.4, -0.2) is 11.1 Å². The molecule has 3 heteroatoms. The van der Waals surface area contributed by atoms with E-state index in [0.717, 1.165) is 5.56 Å². The molecule has 0 bridgehead atoms. The lowest BCUT2D eigenvalue weighted by Crippen LogP contribution is -2.04. The summed E-state index contributed by atoms with van der Waals surface area (Å²) in [5.41, 5.74) is 6.92. The molecule has 0 unspecified atom stereocenters. The number of anilines is 1. The third-order valence-electron chi connectivity index (χ3n) is 1.79. The first-order chi connectivity index (χ1) is 6.16. The van der Waals surface area contributed by atoms with Crippen molar-refractivity contribution in [3.63, 3.8) is 0 Å². The van der Waals surface area contributed by atoms with Crippen molar-refractivity contribution in [2.45, 2.75) is 6.42 Å². The SMILES string of the molecule is C=CCc1cccc(C(=O)O)c1N. The van der Waals surface area contributed by atoms with Crippen LogP contribution in [-0.2, 0) is 6.42 Å². The molecule has 0 spiro atoms. The Morgan fingerprint density at radius 1 is 1.62 bits per heavy atom. The molecular formula is C10H11NO2. The summed E-state index contributed by atoms with van der Waals surface area (Å²) in [5, 5.41) is 8.75. The Labute approximate surface area is 76.5 Å². The summed E-state index contributed by atoms with van der Waals surface area (Å²) >= 11 is 0. The van der Waals surface area contributed by atoms with E-state index in [1.165, 1.54) is 6.07 Å². The number of benzene rings is 1. The molecule has 13 heavy (non-hydrogen) atoms. The van der Waals surface area contributed by atoms with E-state index in [2.05, 4.69) is 6.58 Å². The molecule has 0 aliphatic heterocycles. The van der Waals surface area contributed by atoms with Crippen LogP contribution < -0.4 is 5.73 Å². The number of aromatic carboxylic acids is 1. The number of rotatable bonds is 3. The standard InChI is InChI=1S/C10H11NO2/c1-2-4-7-5-3-6-8(9(7)11)10(12)13/h2-3,5-6H,1,4,11H2,(H,12,13). The summed E-state index contributed by atoms with van der Waals surface area (Å²) in [6.45, 7) is 3.57. The highest BCUT2D eigenvalue weighted by atomic mass is 16.4. The summed E-state index contributed by atoms with van der Waals surface area (Å²) < 4.78 is 0. The Morgan fingerprint density at radius 2 is 2.31 bits per heavy atom. The molecule has 1 aromatic carbocycles. The second kappa shape index (κ2) is 3.76. The first kappa shape index (κ1) is 9.32. The largest absolute Gasteiger partial charge is 0.478 e. The second-order valence-corrected chi connectivity index (χ2v) is 2.68. The summed E-state index contributed by atoms with van der Waals surface area (Å²) in [4.78, 5) is 10.7. The quantitative estimate of drug-likeness (QED) is 0.545. The predicted octanol–water partition coefficient (Wildman–Crippen LogP) is 1.70. The molecule has 0 aliphatic rings. The van der Waals surface area contributed by atoms with Crippen molar-refractivity contribution >= 4 is 11.7 Å². The van der Waals surface area contributed by atoms with Gasteiger partial charge in [-0.05, 0) is 18.1 Å². The fraction of sp³-hybridized carbons (Fsp3) is 0.100. The summed E-state index contributed by atoms with van der Waals surface area (Å²) in [6.07, 6.45) is 2.28. The molecule has 1 aromatic rings. The fourth-order valence-corrected chi connectivity index (χ4v) is 1.13. The van der Waals surface area contributed by atoms with Crippen molar-refractivity contribution in [1.29, 1.82) is 0 Å². The monoisotopic (exact) mass is 177 g/mol. The number of allylic oxidation sites excluding steroid dienone is 1. The van der Waals surface area contributed by atoms with Crippen molar-refractivity contribution in [2.75, 3.05) is 5.73 Å². The Morgan fingerprint density at radius 3 is 2.85 bits per heavy atom. The minimum Gasteiger partial charge on any atom is -0.478 e. The highest BCUT2D eigenvalue weighted by molar-refractivity contribution is 5.94. The molecular weight excluding hydrogens is 166 g/mol. The van der Waals surface area contributed by atoms with Crippen LogP contribution in [0.5, 0.6) is 0 Å². The molecule has 3 N–H and O–H groups in total. The van der Waals surface area contributed by atoms with Crippen LogP contribution in [0.15, 0.2) is 30.9 Å². The highest BCUT2D eigenvalue weighted by Crippen LogP contribution is 2.18. The first-order valence-electron chi connectivity index (χ1n) is 3.88. The summed E-state index contributed by atoms with van der Waals surface area (Å²) in [7, 11) is 0. The normalized spacial score (nSPS) is 9.54. The van der Waals surface area contributed by atoms with Gasteiger partial charge in [0.05, 0.1) is 5.56 Å². The molecule has 0 radical (unpaired) electrons. The average molecular weight is 177 g/mol. The number of nitrogens with two attached hydrogens (primary N) is 1. The Bertz CT molecular complexity index is 345. The Hall–Kier alpha value is -1.77.